The van der Waals surface area contributed by atoms with E-state index in [1.165, 1.54) is 24.2 Å². The van der Waals surface area contributed by atoms with E-state index in [1.807, 2.05) is 0 Å². The molecule has 0 aliphatic heterocycles. The molecule has 0 bridgehead atoms. The van der Waals surface area contributed by atoms with Crippen LogP contribution < -0.4 is 10.6 Å². The molecule has 2 unspecified atom stereocenters. The molecule has 1 aliphatic carbocycles. The fourth-order valence-corrected chi connectivity index (χ4v) is 2.03. The molecule has 15 heavy (non-hydrogen) atoms. The van der Waals surface area contributed by atoms with Gasteiger partial charge in [-0.1, -0.05) is 19.1 Å². The van der Waals surface area contributed by atoms with Crippen LogP contribution in [0.25, 0.3) is 0 Å². The van der Waals surface area contributed by atoms with E-state index >= 15 is 0 Å². The van der Waals surface area contributed by atoms with Crippen LogP contribution in [0.4, 0.5) is 5.69 Å². The fraction of sp³-hybridized carbons (Fsp3) is 0.538. The van der Waals surface area contributed by atoms with E-state index in [-0.39, 0.29) is 0 Å². The molecule has 0 saturated heterocycles. The number of benzene rings is 1. The Morgan fingerprint density at radius 1 is 1.47 bits per heavy atom. The summed E-state index contributed by atoms with van der Waals surface area (Å²) < 4.78 is 0. The molecule has 1 saturated carbocycles. The third-order valence-electron chi connectivity index (χ3n) is 3.37. The van der Waals surface area contributed by atoms with Crippen molar-refractivity contribution in [3.05, 3.63) is 29.8 Å². The molecule has 0 radical (unpaired) electrons. The summed E-state index contributed by atoms with van der Waals surface area (Å²) in [4.78, 5) is 2.34. The summed E-state index contributed by atoms with van der Waals surface area (Å²) in [7, 11) is 2.17. The van der Waals surface area contributed by atoms with Crippen LogP contribution in [0.2, 0.25) is 0 Å². The maximum Gasteiger partial charge on any atom is 0.0366 e. The first-order valence-electron chi connectivity index (χ1n) is 5.71. The zero-order valence-corrected chi connectivity index (χ0v) is 9.61. The molecule has 1 fully saturated rings. The van der Waals surface area contributed by atoms with Crippen molar-refractivity contribution in [1.29, 1.82) is 0 Å². The van der Waals surface area contributed by atoms with Gasteiger partial charge in [-0.25, -0.2) is 0 Å². The smallest absolute Gasteiger partial charge is 0.0366 e. The molecular formula is C13H20N2. The minimum atomic E-state index is 0.626. The van der Waals surface area contributed by atoms with E-state index in [9.17, 15) is 0 Å². The molecule has 0 spiro atoms. The zero-order valence-electron chi connectivity index (χ0n) is 9.61. The monoisotopic (exact) mass is 204 g/mol. The molecule has 0 aromatic heterocycles. The molecule has 2 heteroatoms. The summed E-state index contributed by atoms with van der Waals surface area (Å²) in [6.45, 7) is 4.13. The molecule has 1 aliphatic rings. The second-order valence-electron chi connectivity index (χ2n) is 4.73. The van der Waals surface area contributed by atoms with Gasteiger partial charge in [0, 0.05) is 25.8 Å². The lowest BCUT2D eigenvalue weighted by Crippen LogP contribution is -2.20. The van der Waals surface area contributed by atoms with Crippen LogP contribution >= 0.6 is 0 Å². The molecule has 1 aromatic carbocycles. The minimum absolute atomic E-state index is 0.626. The van der Waals surface area contributed by atoms with E-state index in [0.29, 0.717) is 6.54 Å². The first-order chi connectivity index (χ1) is 7.20. The number of nitrogens with zero attached hydrogens (tertiary/aromatic N) is 1. The van der Waals surface area contributed by atoms with Gasteiger partial charge < -0.3 is 10.6 Å². The van der Waals surface area contributed by atoms with Crippen molar-refractivity contribution in [2.75, 3.05) is 18.5 Å². The number of hydrogen-bond acceptors (Lipinski definition) is 2. The molecule has 2 N–H and O–H groups in total. The van der Waals surface area contributed by atoms with Crippen LogP contribution in [-0.2, 0) is 6.54 Å². The maximum absolute atomic E-state index is 5.64. The number of rotatable bonds is 4. The number of anilines is 1. The average Bonchev–Trinajstić information content (AvgIpc) is 2.94. The summed E-state index contributed by atoms with van der Waals surface area (Å²) in [6.07, 6.45) is 1.39. The molecule has 82 valence electrons. The highest BCUT2D eigenvalue weighted by molar-refractivity contribution is 5.48. The summed E-state index contributed by atoms with van der Waals surface area (Å²) in [5, 5.41) is 0. The summed E-state index contributed by atoms with van der Waals surface area (Å²) in [5.41, 5.74) is 8.14. The van der Waals surface area contributed by atoms with Gasteiger partial charge in [0.15, 0.2) is 0 Å². The zero-order chi connectivity index (χ0) is 10.8. The predicted octanol–water partition coefficient (Wildman–Crippen LogP) is 2.24. The average molecular weight is 204 g/mol. The fourth-order valence-electron chi connectivity index (χ4n) is 2.03. The van der Waals surface area contributed by atoms with E-state index < -0.39 is 0 Å². The Hall–Kier alpha value is -1.02. The summed E-state index contributed by atoms with van der Waals surface area (Å²) in [5.74, 6) is 1.82. The van der Waals surface area contributed by atoms with Gasteiger partial charge in [-0.15, -0.1) is 0 Å². The van der Waals surface area contributed by atoms with Gasteiger partial charge in [-0.05, 0) is 36.0 Å². The van der Waals surface area contributed by atoms with Gasteiger partial charge in [-0.3, -0.25) is 0 Å². The van der Waals surface area contributed by atoms with Crippen molar-refractivity contribution in [3.63, 3.8) is 0 Å². The van der Waals surface area contributed by atoms with Gasteiger partial charge in [0.05, 0.1) is 0 Å². The van der Waals surface area contributed by atoms with E-state index in [1.54, 1.807) is 0 Å². The lowest BCUT2D eigenvalue weighted by atomic mass is 10.2. The summed E-state index contributed by atoms with van der Waals surface area (Å²) >= 11 is 0. The summed E-state index contributed by atoms with van der Waals surface area (Å²) in [6, 6.07) is 8.51. The highest BCUT2D eigenvalue weighted by atomic mass is 15.1. The molecular weight excluding hydrogens is 184 g/mol. The third-order valence-corrected chi connectivity index (χ3v) is 3.37. The van der Waals surface area contributed by atoms with Crippen molar-refractivity contribution < 1.29 is 0 Å². The van der Waals surface area contributed by atoms with Gasteiger partial charge in [0.2, 0.25) is 0 Å². The second-order valence-corrected chi connectivity index (χ2v) is 4.73. The molecule has 2 rings (SSSR count). The molecule has 0 amide bonds. The molecule has 2 atom stereocenters. The van der Waals surface area contributed by atoms with Crippen LogP contribution in [0.5, 0.6) is 0 Å². The second kappa shape index (κ2) is 4.23. The Kier molecular flexibility index (Phi) is 2.96. The van der Waals surface area contributed by atoms with Gasteiger partial charge in [0.1, 0.15) is 0 Å². The van der Waals surface area contributed by atoms with Crippen LogP contribution in [0, 0.1) is 11.8 Å². The SMILES string of the molecule is CC1CC1CN(C)c1cccc(CN)c1. The molecule has 1 aromatic rings. The number of nitrogens with two attached hydrogens (primary N) is 1. The lowest BCUT2D eigenvalue weighted by Gasteiger charge is -2.19. The standard InChI is InChI=1S/C13H20N2/c1-10-6-12(10)9-15(2)13-5-3-4-11(7-13)8-14/h3-5,7,10,12H,6,8-9,14H2,1-2H3. The van der Waals surface area contributed by atoms with E-state index in [0.717, 1.165) is 11.8 Å². The Labute approximate surface area is 92.1 Å². The highest BCUT2D eigenvalue weighted by Crippen LogP contribution is 2.38. The van der Waals surface area contributed by atoms with Crippen molar-refractivity contribution in [3.8, 4) is 0 Å². The lowest BCUT2D eigenvalue weighted by molar-refractivity contribution is 0.725. The predicted molar refractivity (Wildman–Crippen MR) is 64.9 cm³/mol. The Balaban J connectivity index is 2.00. The van der Waals surface area contributed by atoms with E-state index in [2.05, 4.69) is 43.1 Å². The minimum Gasteiger partial charge on any atom is -0.374 e. The molecule has 2 nitrogen and oxygen atoms in total. The first kappa shape index (κ1) is 10.5. The van der Waals surface area contributed by atoms with Gasteiger partial charge >= 0.3 is 0 Å². The van der Waals surface area contributed by atoms with Crippen molar-refractivity contribution in [1.82, 2.24) is 0 Å². The Morgan fingerprint density at radius 2 is 2.20 bits per heavy atom. The van der Waals surface area contributed by atoms with Crippen LogP contribution in [0.3, 0.4) is 0 Å². The van der Waals surface area contributed by atoms with Crippen molar-refractivity contribution in [2.45, 2.75) is 19.9 Å². The van der Waals surface area contributed by atoms with Crippen molar-refractivity contribution >= 4 is 5.69 Å². The maximum atomic E-state index is 5.64. The normalized spacial score (nSPS) is 23.9. The van der Waals surface area contributed by atoms with Crippen molar-refractivity contribution in [2.24, 2.45) is 17.6 Å². The van der Waals surface area contributed by atoms with Crippen LogP contribution in [0.15, 0.2) is 24.3 Å². The number of hydrogen-bond donors (Lipinski definition) is 1. The molecule has 0 heterocycles. The quantitative estimate of drug-likeness (QED) is 0.815. The third kappa shape index (κ3) is 2.51. The van der Waals surface area contributed by atoms with E-state index in [4.69, 9.17) is 5.73 Å². The van der Waals surface area contributed by atoms with Crippen LogP contribution in [0.1, 0.15) is 18.9 Å². The first-order valence-corrected chi connectivity index (χ1v) is 5.71. The highest BCUT2D eigenvalue weighted by Gasteiger charge is 2.33. The largest absolute Gasteiger partial charge is 0.374 e. The van der Waals surface area contributed by atoms with Gasteiger partial charge in [0.25, 0.3) is 0 Å². The van der Waals surface area contributed by atoms with Crippen LogP contribution in [-0.4, -0.2) is 13.6 Å². The Morgan fingerprint density at radius 3 is 2.80 bits per heavy atom. The topological polar surface area (TPSA) is 29.3 Å². The Bertz CT molecular complexity index is 335. The van der Waals surface area contributed by atoms with Gasteiger partial charge in [-0.2, -0.15) is 0 Å².